The molecule has 0 spiro atoms. The van der Waals surface area contributed by atoms with Crippen molar-refractivity contribution in [1.29, 1.82) is 0 Å². The van der Waals surface area contributed by atoms with Gasteiger partial charge in [0.05, 0.1) is 5.02 Å². The van der Waals surface area contributed by atoms with Crippen molar-refractivity contribution in [2.75, 3.05) is 7.05 Å². The Balaban J connectivity index is 2.00. The first kappa shape index (κ1) is 12.1. The molecule has 2 atom stereocenters. The first-order valence-electron chi connectivity index (χ1n) is 6.65. The summed E-state index contributed by atoms with van der Waals surface area (Å²) in [4.78, 5) is 0. The van der Waals surface area contributed by atoms with Crippen LogP contribution >= 0.6 is 11.6 Å². The van der Waals surface area contributed by atoms with Crippen LogP contribution in [0.4, 0.5) is 0 Å². The van der Waals surface area contributed by atoms with E-state index in [0.717, 1.165) is 16.7 Å². The molecule has 0 saturated heterocycles. The number of rotatable bonds is 2. The highest BCUT2D eigenvalue weighted by molar-refractivity contribution is 6.34. The maximum atomic E-state index is 6.17. The van der Waals surface area contributed by atoms with Crippen LogP contribution in [0.5, 0.6) is 0 Å². The molecule has 1 aromatic carbocycles. The molecule has 0 amide bonds. The highest BCUT2D eigenvalue weighted by Gasteiger charge is 2.28. The molecule has 1 heterocycles. The summed E-state index contributed by atoms with van der Waals surface area (Å²) in [5.41, 5.74) is 0.828. The molecule has 1 N–H and O–H groups in total. The fourth-order valence-electron chi connectivity index (χ4n) is 3.05. The van der Waals surface area contributed by atoms with E-state index >= 15 is 0 Å². The van der Waals surface area contributed by atoms with Gasteiger partial charge in [-0.3, -0.25) is 0 Å². The summed E-state index contributed by atoms with van der Waals surface area (Å²) in [6, 6.07) is 8.60. The second-order valence-corrected chi connectivity index (χ2v) is 5.50. The fraction of sp³-hybridized carbons (Fsp3) is 0.467. The van der Waals surface area contributed by atoms with E-state index in [4.69, 9.17) is 16.0 Å². The number of hydrogen-bond donors (Lipinski definition) is 1. The summed E-state index contributed by atoms with van der Waals surface area (Å²) < 4.78 is 6.00. The molecule has 1 aliphatic rings. The van der Waals surface area contributed by atoms with E-state index < -0.39 is 0 Å². The van der Waals surface area contributed by atoms with Gasteiger partial charge in [-0.05, 0) is 32.0 Å². The number of likely N-dealkylation sites (N-methyl/N-ethyl adjacent to an activating group) is 1. The van der Waals surface area contributed by atoms with Crippen molar-refractivity contribution in [2.24, 2.45) is 0 Å². The van der Waals surface area contributed by atoms with E-state index in [1.807, 2.05) is 19.2 Å². The van der Waals surface area contributed by atoms with E-state index in [2.05, 4.69) is 17.4 Å². The Hall–Kier alpha value is -0.990. The summed E-state index contributed by atoms with van der Waals surface area (Å²) in [5, 5.41) is 5.23. The maximum absolute atomic E-state index is 6.17. The molecule has 1 aromatic heterocycles. The van der Waals surface area contributed by atoms with E-state index in [0.29, 0.717) is 17.0 Å². The third kappa shape index (κ3) is 2.04. The lowest BCUT2D eigenvalue weighted by Gasteiger charge is -2.29. The molecule has 18 heavy (non-hydrogen) atoms. The molecule has 2 unspecified atom stereocenters. The van der Waals surface area contributed by atoms with Crippen molar-refractivity contribution in [3.05, 3.63) is 35.0 Å². The van der Waals surface area contributed by atoms with Crippen LogP contribution in [0.2, 0.25) is 5.02 Å². The number of halogens is 1. The van der Waals surface area contributed by atoms with Crippen LogP contribution in [-0.2, 0) is 0 Å². The van der Waals surface area contributed by atoms with Gasteiger partial charge in [0.2, 0.25) is 0 Å². The lowest BCUT2D eigenvalue weighted by molar-refractivity contribution is 0.310. The molecule has 1 aliphatic carbocycles. The summed E-state index contributed by atoms with van der Waals surface area (Å²) in [5.74, 6) is 1.56. The maximum Gasteiger partial charge on any atom is 0.152 e. The highest BCUT2D eigenvalue weighted by atomic mass is 35.5. The zero-order valence-corrected chi connectivity index (χ0v) is 11.3. The van der Waals surface area contributed by atoms with Gasteiger partial charge in [0.25, 0.3) is 0 Å². The lowest BCUT2D eigenvalue weighted by atomic mass is 9.83. The summed E-state index contributed by atoms with van der Waals surface area (Å²) >= 11 is 6.17. The van der Waals surface area contributed by atoms with Crippen LogP contribution in [-0.4, -0.2) is 13.1 Å². The van der Waals surface area contributed by atoms with E-state index in [9.17, 15) is 0 Å². The third-order valence-corrected chi connectivity index (χ3v) is 4.31. The first-order chi connectivity index (χ1) is 8.79. The molecule has 2 aromatic rings. The lowest BCUT2D eigenvalue weighted by Crippen LogP contribution is -2.34. The minimum absolute atomic E-state index is 0.479. The molecular weight excluding hydrogens is 246 g/mol. The monoisotopic (exact) mass is 263 g/mol. The molecule has 2 nitrogen and oxygen atoms in total. The van der Waals surface area contributed by atoms with Crippen molar-refractivity contribution in [2.45, 2.75) is 37.6 Å². The second-order valence-electron chi connectivity index (χ2n) is 5.09. The van der Waals surface area contributed by atoms with Gasteiger partial charge in [0.1, 0.15) is 5.76 Å². The zero-order chi connectivity index (χ0) is 12.5. The fourth-order valence-corrected chi connectivity index (χ4v) is 3.27. The van der Waals surface area contributed by atoms with E-state index in [1.54, 1.807) is 0 Å². The van der Waals surface area contributed by atoms with Crippen molar-refractivity contribution >= 4 is 22.6 Å². The Morgan fingerprint density at radius 1 is 1.28 bits per heavy atom. The average molecular weight is 264 g/mol. The van der Waals surface area contributed by atoms with E-state index in [-0.39, 0.29) is 0 Å². The number of hydrogen-bond acceptors (Lipinski definition) is 2. The van der Waals surface area contributed by atoms with E-state index in [1.165, 1.54) is 25.7 Å². The van der Waals surface area contributed by atoms with Gasteiger partial charge in [0, 0.05) is 17.3 Å². The van der Waals surface area contributed by atoms with Crippen LogP contribution in [0, 0.1) is 0 Å². The number of furan rings is 1. The number of fused-ring (bicyclic) bond motifs is 1. The Bertz CT molecular complexity index is 548. The summed E-state index contributed by atoms with van der Waals surface area (Å²) in [6.07, 6.45) is 5.02. The Morgan fingerprint density at radius 3 is 2.89 bits per heavy atom. The topological polar surface area (TPSA) is 25.2 Å². The molecule has 3 rings (SSSR count). The largest absolute Gasteiger partial charge is 0.459 e. The van der Waals surface area contributed by atoms with Gasteiger partial charge in [-0.25, -0.2) is 0 Å². The third-order valence-electron chi connectivity index (χ3n) is 4.02. The minimum Gasteiger partial charge on any atom is -0.459 e. The number of para-hydroxylation sites is 1. The smallest absolute Gasteiger partial charge is 0.152 e. The van der Waals surface area contributed by atoms with Crippen molar-refractivity contribution in [1.82, 2.24) is 5.32 Å². The Kier molecular flexibility index (Phi) is 3.31. The van der Waals surface area contributed by atoms with Crippen LogP contribution in [0.15, 0.2) is 28.7 Å². The van der Waals surface area contributed by atoms with Gasteiger partial charge in [-0.15, -0.1) is 0 Å². The summed E-state index contributed by atoms with van der Waals surface area (Å²) in [6.45, 7) is 0. The van der Waals surface area contributed by atoms with Crippen LogP contribution in [0.1, 0.15) is 37.4 Å². The van der Waals surface area contributed by atoms with Gasteiger partial charge in [-0.1, -0.05) is 36.6 Å². The van der Waals surface area contributed by atoms with Crippen LogP contribution < -0.4 is 5.32 Å². The predicted molar refractivity (Wildman–Crippen MR) is 75.3 cm³/mol. The number of nitrogens with one attached hydrogen (secondary N) is 1. The minimum atomic E-state index is 0.479. The molecule has 96 valence electrons. The van der Waals surface area contributed by atoms with Crippen molar-refractivity contribution < 1.29 is 4.42 Å². The Morgan fingerprint density at radius 2 is 2.11 bits per heavy atom. The van der Waals surface area contributed by atoms with Crippen molar-refractivity contribution in [3.8, 4) is 0 Å². The van der Waals surface area contributed by atoms with Gasteiger partial charge < -0.3 is 9.73 Å². The highest BCUT2D eigenvalue weighted by Crippen LogP contribution is 2.37. The molecule has 1 saturated carbocycles. The number of benzene rings is 1. The second kappa shape index (κ2) is 4.94. The van der Waals surface area contributed by atoms with Crippen LogP contribution in [0.3, 0.4) is 0 Å². The summed E-state index contributed by atoms with van der Waals surface area (Å²) in [7, 11) is 2.04. The molecule has 0 aliphatic heterocycles. The molecule has 1 fully saturated rings. The molecule has 3 heteroatoms. The van der Waals surface area contributed by atoms with Gasteiger partial charge in [0.15, 0.2) is 5.58 Å². The SMILES string of the molecule is CNC1CCCCC1c1cc2cccc(Cl)c2o1. The molecular formula is C15H18ClNO. The molecule has 0 bridgehead atoms. The zero-order valence-electron chi connectivity index (χ0n) is 10.6. The standard InChI is InChI=1S/C15H18ClNO/c1-17-13-8-3-2-6-11(13)14-9-10-5-4-7-12(16)15(10)18-14/h4-5,7,9,11,13,17H,2-3,6,8H2,1H3. The predicted octanol–water partition coefficient (Wildman–Crippen LogP) is 4.33. The quantitative estimate of drug-likeness (QED) is 0.872. The average Bonchev–Trinajstić information content (AvgIpc) is 2.84. The first-order valence-corrected chi connectivity index (χ1v) is 7.02. The van der Waals surface area contributed by atoms with Crippen LogP contribution in [0.25, 0.3) is 11.0 Å². The van der Waals surface area contributed by atoms with Gasteiger partial charge >= 0.3 is 0 Å². The van der Waals surface area contributed by atoms with Gasteiger partial charge in [-0.2, -0.15) is 0 Å². The normalized spacial score (nSPS) is 24.6. The molecule has 0 radical (unpaired) electrons. The Labute approximate surface area is 112 Å². The van der Waals surface area contributed by atoms with Crippen molar-refractivity contribution in [3.63, 3.8) is 0 Å².